The number of benzene rings is 2. The Morgan fingerprint density at radius 2 is 2.00 bits per heavy atom. The molecule has 5 aromatic rings. The minimum absolute atomic E-state index is 0.222. The molecule has 0 atom stereocenters. The average Bonchev–Trinajstić information content (AvgIpc) is 3.42. The second kappa shape index (κ2) is 6.10. The summed E-state index contributed by atoms with van der Waals surface area (Å²) in [5.74, 6) is 1.04. The minimum atomic E-state index is -0.222. The molecule has 5 rings (SSSR count). The number of fused-ring (bicyclic) bond motifs is 1. The Hall–Kier alpha value is -3.94. The van der Waals surface area contributed by atoms with Crippen LogP contribution in [0.4, 0.5) is 0 Å². The fraction of sp³-hybridized carbons (Fsp3) is 0.0526. The highest BCUT2D eigenvalue weighted by Gasteiger charge is 2.11. The zero-order chi connectivity index (χ0) is 18.2. The molecule has 0 fully saturated rings. The van der Waals surface area contributed by atoms with Crippen molar-refractivity contribution in [2.45, 2.75) is 6.42 Å². The van der Waals surface area contributed by atoms with Gasteiger partial charge in [0.2, 0.25) is 11.7 Å². The topological polar surface area (TPSA) is 105 Å². The SMILES string of the molecule is O=c1[nH]c2ccc(Cc3nc(-c4cccc(-n5ccnc5)c4)no3)cc2[nH]1. The van der Waals surface area contributed by atoms with Gasteiger partial charge in [0.25, 0.3) is 0 Å². The van der Waals surface area contributed by atoms with Crippen LogP contribution in [0.5, 0.6) is 0 Å². The molecule has 0 bridgehead atoms. The highest BCUT2D eigenvalue weighted by Crippen LogP contribution is 2.21. The number of H-pyrrole nitrogens is 2. The van der Waals surface area contributed by atoms with Crippen LogP contribution < -0.4 is 5.69 Å². The number of nitrogens with zero attached hydrogens (tertiary/aromatic N) is 4. The predicted molar refractivity (Wildman–Crippen MR) is 98.6 cm³/mol. The van der Waals surface area contributed by atoms with Crippen molar-refractivity contribution < 1.29 is 4.52 Å². The van der Waals surface area contributed by atoms with E-state index in [1.54, 1.807) is 12.5 Å². The summed E-state index contributed by atoms with van der Waals surface area (Å²) in [5, 5.41) is 4.10. The van der Waals surface area contributed by atoms with Crippen LogP contribution >= 0.6 is 0 Å². The Balaban J connectivity index is 1.42. The van der Waals surface area contributed by atoms with Crippen LogP contribution in [0.2, 0.25) is 0 Å². The van der Waals surface area contributed by atoms with Crippen molar-refractivity contribution in [1.29, 1.82) is 0 Å². The molecule has 0 amide bonds. The van der Waals surface area contributed by atoms with Crippen molar-refractivity contribution >= 4 is 11.0 Å². The van der Waals surface area contributed by atoms with Crippen LogP contribution in [0, 0.1) is 0 Å². The van der Waals surface area contributed by atoms with Crippen LogP contribution in [0.3, 0.4) is 0 Å². The van der Waals surface area contributed by atoms with Crippen LogP contribution in [0.1, 0.15) is 11.5 Å². The van der Waals surface area contributed by atoms with E-state index in [1.807, 2.05) is 53.2 Å². The molecule has 132 valence electrons. The lowest BCUT2D eigenvalue weighted by atomic mass is 10.1. The van der Waals surface area contributed by atoms with Gasteiger partial charge in [0.15, 0.2) is 0 Å². The van der Waals surface area contributed by atoms with Crippen molar-refractivity contribution in [1.82, 2.24) is 29.7 Å². The molecule has 27 heavy (non-hydrogen) atoms. The maximum absolute atomic E-state index is 11.4. The van der Waals surface area contributed by atoms with Gasteiger partial charge in [-0.2, -0.15) is 4.98 Å². The molecule has 3 heterocycles. The number of nitrogens with one attached hydrogen (secondary N) is 2. The molecule has 0 unspecified atom stereocenters. The molecule has 0 aliphatic rings. The van der Waals surface area contributed by atoms with Crippen molar-refractivity contribution in [3.05, 3.63) is 83.1 Å². The van der Waals surface area contributed by atoms with E-state index < -0.39 is 0 Å². The fourth-order valence-electron chi connectivity index (χ4n) is 3.03. The molecule has 0 saturated heterocycles. The maximum atomic E-state index is 11.4. The van der Waals surface area contributed by atoms with Crippen LogP contribution in [-0.4, -0.2) is 29.7 Å². The number of rotatable bonds is 4. The second-order valence-electron chi connectivity index (χ2n) is 6.17. The minimum Gasteiger partial charge on any atom is -0.339 e. The van der Waals surface area contributed by atoms with Crippen molar-refractivity contribution in [2.75, 3.05) is 0 Å². The van der Waals surface area contributed by atoms with E-state index in [0.717, 1.165) is 27.8 Å². The van der Waals surface area contributed by atoms with Gasteiger partial charge in [0.05, 0.1) is 23.8 Å². The second-order valence-corrected chi connectivity index (χ2v) is 6.17. The van der Waals surface area contributed by atoms with Gasteiger partial charge in [0, 0.05) is 23.6 Å². The number of aromatic nitrogens is 6. The highest BCUT2D eigenvalue weighted by molar-refractivity contribution is 5.75. The first-order valence-electron chi connectivity index (χ1n) is 8.37. The summed E-state index contributed by atoms with van der Waals surface area (Å²) in [4.78, 5) is 25.4. The van der Waals surface area contributed by atoms with E-state index >= 15 is 0 Å². The third-order valence-corrected chi connectivity index (χ3v) is 4.31. The van der Waals surface area contributed by atoms with Gasteiger partial charge < -0.3 is 19.1 Å². The number of imidazole rings is 2. The predicted octanol–water partition coefficient (Wildman–Crippen LogP) is 2.68. The van der Waals surface area contributed by atoms with E-state index in [-0.39, 0.29) is 5.69 Å². The van der Waals surface area contributed by atoms with Gasteiger partial charge >= 0.3 is 5.69 Å². The van der Waals surface area contributed by atoms with Gasteiger partial charge in [0.1, 0.15) is 0 Å². The maximum Gasteiger partial charge on any atom is 0.323 e. The molecule has 0 spiro atoms. The molecular weight excluding hydrogens is 344 g/mol. The summed E-state index contributed by atoms with van der Waals surface area (Å²) in [6.45, 7) is 0. The Morgan fingerprint density at radius 3 is 2.89 bits per heavy atom. The van der Waals surface area contributed by atoms with Crippen molar-refractivity contribution in [3.8, 4) is 17.1 Å². The lowest BCUT2D eigenvalue weighted by Crippen LogP contribution is -1.99. The Labute approximate surface area is 152 Å². The summed E-state index contributed by atoms with van der Waals surface area (Å²) >= 11 is 0. The van der Waals surface area contributed by atoms with Crippen molar-refractivity contribution in [3.63, 3.8) is 0 Å². The van der Waals surface area contributed by atoms with Crippen LogP contribution in [0.25, 0.3) is 28.1 Å². The zero-order valence-electron chi connectivity index (χ0n) is 14.1. The van der Waals surface area contributed by atoms with E-state index in [4.69, 9.17) is 4.52 Å². The molecule has 8 heteroatoms. The van der Waals surface area contributed by atoms with E-state index in [2.05, 4.69) is 25.1 Å². The zero-order valence-corrected chi connectivity index (χ0v) is 14.1. The average molecular weight is 358 g/mol. The largest absolute Gasteiger partial charge is 0.339 e. The molecule has 8 nitrogen and oxygen atoms in total. The normalized spacial score (nSPS) is 11.3. The summed E-state index contributed by atoms with van der Waals surface area (Å²) in [6, 6.07) is 13.5. The van der Waals surface area contributed by atoms with Crippen LogP contribution in [0.15, 0.2) is 70.5 Å². The van der Waals surface area contributed by atoms with Gasteiger partial charge in [-0.1, -0.05) is 23.4 Å². The summed E-state index contributed by atoms with van der Waals surface area (Å²) in [5.41, 5.74) is 4.11. The molecule has 0 radical (unpaired) electrons. The Bertz CT molecular complexity index is 1280. The molecule has 2 N–H and O–H groups in total. The summed E-state index contributed by atoms with van der Waals surface area (Å²) in [7, 11) is 0. The molecule has 0 saturated carbocycles. The van der Waals surface area contributed by atoms with E-state index in [0.29, 0.717) is 18.1 Å². The molecular formula is C19H14N6O2. The lowest BCUT2D eigenvalue weighted by Gasteiger charge is -2.02. The monoisotopic (exact) mass is 358 g/mol. The van der Waals surface area contributed by atoms with Gasteiger partial charge in [-0.25, -0.2) is 9.78 Å². The lowest BCUT2D eigenvalue weighted by molar-refractivity contribution is 0.386. The summed E-state index contributed by atoms with van der Waals surface area (Å²) < 4.78 is 7.32. The van der Waals surface area contributed by atoms with E-state index in [1.165, 1.54) is 0 Å². The Kier molecular flexibility index (Phi) is 3.46. The third kappa shape index (κ3) is 2.93. The molecule has 0 aliphatic heterocycles. The highest BCUT2D eigenvalue weighted by atomic mass is 16.5. The number of hydrogen-bond acceptors (Lipinski definition) is 5. The summed E-state index contributed by atoms with van der Waals surface area (Å²) in [6.07, 6.45) is 5.83. The molecule has 2 aromatic carbocycles. The quantitative estimate of drug-likeness (QED) is 0.514. The smallest absolute Gasteiger partial charge is 0.323 e. The molecule has 0 aliphatic carbocycles. The first-order valence-corrected chi connectivity index (χ1v) is 8.37. The third-order valence-electron chi connectivity index (χ3n) is 4.31. The van der Waals surface area contributed by atoms with Gasteiger partial charge in [-0.3, -0.25) is 0 Å². The first kappa shape index (κ1) is 15.3. The fourth-order valence-corrected chi connectivity index (χ4v) is 3.03. The van der Waals surface area contributed by atoms with Gasteiger partial charge in [-0.15, -0.1) is 0 Å². The first-order chi connectivity index (χ1) is 13.2. The van der Waals surface area contributed by atoms with Crippen molar-refractivity contribution in [2.24, 2.45) is 0 Å². The number of hydrogen-bond donors (Lipinski definition) is 2. The standard InChI is InChI=1S/C19H14N6O2/c26-19-21-15-5-4-12(8-16(15)22-19)9-17-23-18(24-27-17)13-2-1-3-14(10-13)25-7-6-20-11-25/h1-8,10-11H,9H2,(H2,21,22,26). The van der Waals surface area contributed by atoms with Crippen LogP contribution in [-0.2, 0) is 6.42 Å². The number of aromatic amines is 2. The van der Waals surface area contributed by atoms with E-state index in [9.17, 15) is 4.79 Å². The van der Waals surface area contributed by atoms with Gasteiger partial charge in [-0.05, 0) is 29.8 Å². The molecule has 3 aromatic heterocycles. The Morgan fingerprint density at radius 1 is 1.07 bits per heavy atom.